The summed E-state index contributed by atoms with van der Waals surface area (Å²) in [6, 6.07) is 9.40. The van der Waals surface area contributed by atoms with Crippen molar-refractivity contribution < 1.29 is 9.59 Å². The van der Waals surface area contributed by atoms with E-state index in [1.165, 1.54) is 6.33 Å². The topological polar surface area (TPSA) is 91.0 Å². The number of nitrogens with one attached hydrogen (secondary N) is 2. The molecule has 0 aliphatic rings. The van der Waals surface area contributed by atoms with Crippen molar-refractivity contribution in [2.75, 3.05) is 17.3 Å². The second-order valence-corrected chi connectivity index (χ2v) is 4.52. The molecule has 0 bridgehead atoms. The Morgan fingerprint density at radius 3 is 2.67 bits per heavy atom. The zero-order valence-electron chi connectivity index (χ0n) is 11.7. The molecule has 0 saturated heterocycles. The maximum Gasteiger partial charge on any atom is 0.226 e. The number of para-hydroxylation sites is 1. The maximum atomic E-state index is 12.0. The lowest BCUT2D eigenvalue weighted by Gasteiger charge is -2.16. The molecule has 0 aliphatic carbocycles. The molecule has 0 atom stereocenters. The van der Waals surface area contributed by atoms with Gasteiger partial charge in [0.15, 0.2) is 0 Å². The number of hydrogen-bond donors (Lipinski definition) is 2. The zero-order chi connectivity index (χ0) is 15.1. The number of aromatic amines is 1. The Kier molecular flexibility index (Phi) is 5.03. The highest BCUT2D eigenvalue weighted by molar-refractivity contribution is 5.93. The number of benzene rings is 1. The molecule has 2 amide bonds. The molecule has 0 unspecified atom stereocenters. The molecule has 2 rings (SSSR count). The van der Waals surface area contributed by atoms with Gasteiger partial charge in [0.2, 0.25) is 17.8 Å². The summed E-state index contributed by atoms with van der Waals surface area (Å²) in [6.45, 7) is 0. The minimum atomic E-state index is -0.193. The molecule has 2 N–H and O–H groups in total. The molecule has 2 aromatic rings. The van der Waals surface area contributed by atoms with Gasteiger partial charge in [-0.3, -0.25) is 14.9 Å². The van der Waals surface area contributed by atoms with E-state index in [9.17, 15) is 9.59 Å². The Balaban J connectivity index is 1.73. The fourth-order valence-corrected chi connectivity index (χ4v) is 1.82. The molecule has 110 valence electrons. The molecule has 0 radical (unpaired) electrons. The van der Waals surface area contributed by atoms with Crippen LogP contribution in [0.1, 0.15) is 19.3 Å². The van der Waals surface area contributed by atoms with Crippen LogP contribution in [-0.2, 0) is 9.59 Å². The third-order valence-electron chi connectivity index (χ3n) is 2.98. The molecule has 0 spiro atoms. The lowest BCUT2D eigenvalue weighted by atomic mass is 10.2. The number of aromatic nitrogens is 3. The number of hydrogen-bond acceptors (Lipinski definition) is 4. The summed E-state index contributed by atoms with van der Waals surface area (Å²) in [5, 5.41) is 8.73. The van der Waals surface area contributed by atoms with E-state index in [0.717, 1.165) is 5.69 Å². The molecule has 21 heavy (non-hydrogen) atoms. The van der Waals surface area contributed by atoms with Gasteiger partial charge in [0, 0.05) is 25.6 Å². The smallest absolute Gasteiger partial charge is 0.226 e. The van der Waals surface area contributed by atoms with E-state index in [-0.39, 0.29) is 18.2 Å². The van der Waals surface area contributed by atoms with Crippen molar-refractivity contribution in [3.63, 3.8) is 0 Å². The van der Waals surface area contributed by atoms with Crippen LogP contribution >= 0.6 is 0 Å². The summed E-state index contributed by atoms with van der Waals surface area (Å²) >= 11 is 0. The van der Waals surface area contributed by atoms with E-state index in [2.05, 4.69) is 20.5 Å². The van der Waals surface area contributed by atoms with Crippen LogP contribution in [0.4, 0.5) is 11.6 Å². The van der Waals surface area contributed by atoms with E-state index in [4.69, 9.17) is 0 Å². The molecular formula is C14H17N5O2. The average molecular weight is 287 g/mol. The van der Waals surface area contributed by atoms with Gasteiger partial charge in [0.25, 0.3) is 0 Å². The van der Waals surface area contributed by atoms with Crippen LogP contribution in [0.25, 0.3) is 0 Å². The van der Waals surface area contributed by atoms with Gasteiger partial charge in [0.05, 0.1) is 0 Å². The third-order valence-corrected chi connectivity index (χ3v) is 2.98. The second-order valence-electron chi connectivity index (χ2n) is 4.52. The standard InChI is InChI=1S/C14H17N5O2/c1-19(11-6-3-2-4-7-11)13(21)9-5-8-12(20)17-14-15-10-16-18-14/h2-4,6-7,10H,5,8-9H2,1H3,(H2,15,16,17,18,20). The Morgan fingerprint density at radius 1 is 1.24 bits per heavy atom. The number of H-pyrrole nitrogens is 1. The van der Waals surface area contributed by atoms with Crippen LogP contribution in [0, 0.1) is 0 Å². The van der Waals surface area contributed by atoms with Gasteiger partial charge in [-0.1, -0.05) is 18.2 Å². The lowest BCUT2D eigenvalue weighted by Crippen LogP contribution is -2.26. The number of amides is 2. The van der Waals surface area contributed by atoms with Crippen LogP contribution in [0.5, 0.6) is 0 Å². The van der Waals surface area contributed by atoms with Crippen LogP contribution in [-0.4, -0.2) is 34.0 Å². The van der Waals surface area contributed by atoms with Crippen LogP contribution in [0.2, 0.25) is 0 Å². The van der Waals surface area contributed by atoms with E-state index >= 15 is 0 Å². The van der Waals surface area contributed by atoms with Gasteiger partial charge >= 0.3 is 0 Å². The van der Waals surface area contributed by atoms with E-state index < -0.39 is 0 Å². The van der Waals surface area contributed by atoms with E-state index in [1.54, 1.807) is 11.9 Å². The van der Waals surface area contributed by atoms with Gasteiger partial charge in [-0.25, -0.2) is 5.10 Å². The minimum absolute atomic E-state index is 0.0198. The minimum Gasteiger partial charge on any atom is -0.316 e. The molecule has 7 heteroatoms. The first kappa shape index (κ1) is 14.7. The fraction of sp³-hybridized carbons (Fsp3) is 0.286. The van der Waals surface area contributed by atoms with Crippen molar-refractivity contribution in [1.29, 1.82) is 0 Å². The molecule has 0 aliphatic heterocycles. The molecule has 7 nitrogen and oxygen atoms in total. The predicted octanol–water partition coefficient (Wildman–Crippen LogP) is 1.58. The number of carbonyl (C=O) groups is 2. The summed E-state index contributed by atoms with van der Waals surface area (Å²) < 4.78 is 0. The summed E-state index contributed by atoms with van der Waals surface area (Å²) in [6.07, 6.45) is 2.37. The zero-order valence-corrected chi connectivity index (χ0v) is 11.7. The Labute approximate surface area is 122 Å². The average Bonchev–Trinajstić information content (AvgIpc) is 3.00. The fourth-order valence-electron chi connectivity index (χ4n) is 1.82. The summed E-state index contributed by atoms with van der Waals surface area (Å²) in [5.41, 5.74) is 0.841. The quantitative estimate of drug-likeness (QED) is 0.843. The van der Waals surface area contributed by atoms with E-state index in [0.29, 0.717) is 18.8 Å². The maximum absolute atomic E-state index is 12.0. The molecule has 0 saturated carbocycles. The molecule has 1 aromatic heterocycles. The van der Waals surface area contributed by atoms with Crippen molar-refractivity contribution >= 4 is 23.5 Å². The largest absolute Gasteiger partial charge is 0.316 e. The van der Waals surface area contributed by atoms with Crippen LogP contribution in [0.3, 0.4) is 0 Å². The molecular weight excluding hydrogens is 270 g/mol. The van der Waals surface area contributed by atoms with Crippen LogP contribution in [0.15, 0.2) is 36.7 Å². The number of carbonyl (C=O) groups excluding carboxylic acids is 2. The Morgan fingerprint density at radius 2 is 2.00 bits per heavy atom. The van der Waals surface area contributed by atoms with Gasteiger partial charge < -0.3 is 4.90 Å². The number of nitrogens with zero attached hydrogens (tertiary/aromatic N) is 3. The van der Waals surface area contributed by atoms with Crippen molar-refractivity contribution in [2.24, 2.45) is 0 Å². The first-order valence-electron chi connectivity index (χ1n) is 6.63. The van der Waals surface area contributed by atoms with Crippen molar-refractivity contribution in [1.82, 2.24) is 15.2 Å². The molecule has 1 heterocycles. The summed E-state index contributed by atoms with van der Waals surface area (Å²) in [4.78, 5) is 29.0. The lowest BCUT2D eigenvalue weighted by molar-refractivity contribution is -0.118. The first-order chi connectivity index (χ1) is 10.2. The first-order valence-corrected chi connectivity index (χ1v) is 6.63. The van der Waals surface area contributed by atoms with Crippen molar-refractivity contribution in [2.45, 2.75) is 19.3 Å². The summed E-state index contributed by atoms with van der Waals surface area (Å²) in [7, 11) is 1.73. The van der Waals surface area contributed by atoms with Crippen molar-refractivity contribution in [3.8, 4) is 0 Å². The highest BCUT2D eigenvalue weighted by Gasteiger charge is 2.11. The van der Waals surface area contributed by atoms with Crippen LogP contribution < -0.4 is 10.2 Å². The third kappa shape index (κ3) is 4.41. The van der Waals surface area contributed by atoms with Gasteiger partial charge in [-0.15, -0.1) is 0 Å². The summed E-state index contributed by atoms with van der Waals surface area (Å²) in [5.74, 6) is 0.100. The van der Waals surface area contributed by atoms with Gasteiger partial charge in [-0.2, -0.15) is 10.1 Å². The molecule has 0 fully saturated rings. The number of rotatable bonds is 6. The molecule has 1 aromatic carbocycles. The number of anilines is 2. The van der Waals surface area contributed by atoms with Crippen molar-refractivity contribution in [3.05, 3.63) is 36.7 Å². The predicted molar refractivity (Wildman–Crippen MR) is 78.7 cm³/mol. The Hall–Kier alpha value is -2.70. The van der Waals surface area contributed by atoms with E-state index in [1.807, 2.05) is 30.3 Å². The highest BCUT2D eigenvalue weighted by atomic mass is 16.2. The Bertz CT molecular complexity index is 583. The monoisotopic (exact) mass is 287 g/mol. The van der Waals surface area contributed by atoms with Gasteiger partial charge in [0.1, 0.15) is 6.33 Å². The SMILES string of the molecule is CN(C(=O)CCCC(=O)Nc1ncn[nH]1)c1ccccc1. The second kappa shape index (κ2) is 7.18. The van der Waals surface area contributed by atoms with Gasteiger partial charge in [-0.05, 0) is 18.6 Å². The normalized spacial score (nSPS) is 10.1. The highest BCUT2D eigenvalue weighted by Crippen LogP contribution is 2.13.